The lowest BCUT2D eigenvalue weighted by atomic mass is 10.1. The summed E-state index contributed by atoms with van der Waals surface area (Å²) < 4.78 is 10.3. The van der Waals surface area contributed by atoms with Crippen molar-refractivity contribution in [1.29, 1.82) is 0 Å². The molecule has 0 aliphatic rings. The molecule has 0 fully saturated rings. The molecule has 0 amide bonds. The van der Waals surface area contributed by atoms with Crippen molar-refractivity contribution >= 4 is 21.8 Å². The van der Waals surface area contributed by atoms with Crippen molar-refractivity contribution in [3.63, 3.8) is 0 Å². The molecule has 0 saturated carbocycles. The van der Waals surface area contributed by atoms with Gasteiger partial charge in [0.15, 0.2) is 11.0 Å². The third-order valence-electron chi connectivity index (χ3n) is 5.42. The van der Waals surface area contributed by atoms with E-state index in [4.69, 9.17) is 4.74 Å². The first kappa shape index (κ1) is 18.5. The first-order valence-corrected chi connectivity index (χ1v) is 9.85. The van der Waals surface area contributed by atoms with E-state index in [2.05, 4.69) is 60.5 Å². The summed E-state index contributed by atoms with van der Waals surface area (Å²) in [6.45, 7) is 8.05. The fraction of sp³-hybridized carbons (Fsp3) is 0.292. The molecule has 28 heavy (non-hydrogen) atoms. The number of aliphatic hydroxyl groups is 1. The van der Waals surface area contributed by atoms with Gasteiger partial charge in [-0.15, -0.1) is 0 Å². The summed E-state index contributed by atoms with van der Waals surface area (Å²) in [5.74, 6) is 0.810. The number of aryl methyl sites for hydroxylation is 3. The number of fused-ring (bicyclic) bond motifs is 2. The molecule has 1 heterocycles. The maximum Gasteiger partial charge on any atom is 0.244 e. The average Bonchev–Trinajstić information content (AvgIpc) is 3.03. The molecule has 4 heteroatoms. The van der Waals surface area contributed by atoms with Gasteiger partial charge in [-0.3, -0.25) is 0 Å². The Bertz CT molecular complexity index is 1130. The molecule has 3 aromatic carbocycles. The number of hydrogen-bond donors (Lipinski definition) is 1. The van der Waals surface area contributed by atoms with Crippen LogP contribution < -0.4 is 9.30 Å². The number of ether oxygens (including phenoxy) is 1. The van der Waals surface area contributed by atoms with Gasteiger partial charge >= 0.3 is 0 Å². The molecule has 4 rings (SSSR count). The largest absolute Gasteiger partial charge is 0.490 e. The maximum absolute atomic E-state index is 10.6. The van der Waals surface area contributed by atoms with Crippen LogP contribution in [-0.4, -0.2) is 22.4 Å². The number of hydrogen-bond acceptors (Lipinski definition) is 2. The Morgan fingerprint density at radius 2 is 1.79 bits per heavy atom. The van der Waals surface area contributed by atoms with Crippen LogP contribution in [0.4, 0.5) is 0 Å². The summed E-state index contributed by atoms with van der Waals surface area (Å²) in [5.41, 5.74) is 4.89. The lowest BCUT2D eigenvalue weighted by molar-refractivity contribution is -0.679. The van der Waals surface area contributed by atoms with Gasteiger partial charge in [-0.05, 0) is 55.5 Å². The van der Waals surface area contributed by atoms with Crippen molar-refractivity contribution in [3.8, 4) is 5.75 Å². The van der Waals surface area contributed by atoms with Crippen molar-refractivity contribution in [3.05, 3.63) is 72.1 Å². The first-order chi connectivity index (χ1) is 13.6. The molecule has 0 aliphatic heterocycles. The highest BCUT2D eigenvalue weighted by Crippen LogP contribution is 2.25. The smallest absolute Gasteiger partial charge is 0.244 e. The fourth-order valence-corrected chi connectivity index (χ4v) is 3.72. The van der Waals surface area contributed by atoms with Crippen LogP contribution in [0.25, 0.3) is 21.8 Å². The lowest BCUT2D eigenvalue weighted by Gasteiger charge is -2.13. The van der Waals surface area contributed by atoms with Crippen LogP contribution in [0.1, 0.15) is 18.1 Å². The second-order valence-electron chi connectivity index (χ2n) is 7.42. The zero-order chi connectivity index (χ0) is 19.7. The normalized spacial score (nSPS) is 12.6. The number of imidazole rings is 1. The van der Waals surface area contributed by atoms with E-state index in [1.54, 1.807) is 0 Å². The maximum atomic E-state index is 10.6. The molecular weight excluding hydrogens is 348 g/mol. The van der Waals surface area contributed by atoms with Crippen LogP contribution in [0.15, 0.2) is 60.9 Å². The topological polar surface area (TPSA) is 38.3 Å². The van der Waals surface area contributed by atoms with Gasteiger partial charge in [-0.25, -0.2) is 9.13 Å². The van der Waals surface area contributed by atoms with E-state index in [0.717, 1.165) is 28.6 Å². The van der Waals surface area contributed by atoms with E-state index >= 15 is 0 Å². The van der Waals surface area contributed by atoms with Gasteiger partial charge in [0.05, 0.1) is 6.54 Å². The lowest BCUT2D eigenvalue weighted by Crippen LogP contribution is -2.41. The van der Waals surface area contributed by atoms with Gasteiger partial charge in [-0.2, -0.15) is 0 Å². The Hall–Kier alpha value is -2.85. The summed E-state index contributed by atoms with van der Waals surface area (Å²) in [6.07, 6.45) is 1.49. The number of nitrogens with zero attached hydrogens (tertiary/aromatic N) is 2. The molecule has 144 valence electrons. The van der Waals surface area contributed by atoms with Crippen LogP contribution in [0.3, 0.4) is 0 Å². The third kappa shape index (κ3) is 3.48. The SMILES string of the molecule is CCn1c[n+](CC(O)COc2cccc3ccccc23)c2cc(C)c(C)cc21. The van der Waals surface area contributed by atoms with Gasteiger partial charge in [0.1, 0.15) is 25.0 Å². The number of benzene rings is 3. The Morgan fingerprint density at radius 3 is 2.61 bits per heavy atom. The standard InChI is InChI=1S/C24H27N2O2/c1-4-25-16-26(23-13-18(3)17(2)12-22(23)25)14-20(27)15-28-24-11-7-9-19-8-5-6-10-21(19)24/h5-13,16,20,27H,4,14-15H2,1-3H3/q+1. The fourth-order valence-electron chi connectivity index (χ4n) is 3.72. The van der Waals surface area contributed by atoms with Crippen LogP contribution in [0, 0.1) is 13.8 Å². The average molecular weight is 375 g/mol. The molecule has 1 atom stereocenters. The highest BCUT2D eigenvalue weighted by atomic mass is 16.5. The number of rotatable bonds is 6. The van der Waals surface area contributed by atoms with E-state index in [-0.39, 0.29) is 6.61 Å². The molecule has 1 N–H and O–H groups in total. The van der Waals surface area contributed by atoms with Gasteiger partial charge in [-0.1, -0.05) is 36.4 Å². The summed E-state index contributed by atoms with van der Waals surface area (Å²) in [6, 6.07) is 18.6. The Balaban J connectivity index is 1.54. The second-order valence-corrected chi connectivity index (χ2v) is 7.42. The van der Waals surface area contributed by atoms with Gasteiger partial charge in [0.2, 0.25) is 6.33 Å². The van der Waals surface area contributed by atoms with Crippen LogP contribution in [0.2, 0.25) is 0 Å². The summed E-state index contributed by atoms with van der Waals surface area (Å²) >= 11 is 0. The minimum Gasteiger partial charge on any atom is -0.490 e. The summed E-state index contributed by atoms with van der Waals surface area (Å²) in [5, 5.41) is 12.9. The molecular formula is C24H27N2O2+. The molecule has 1 unspecified atom stereocenters. The summed E-state index contributed by atoms with van der Waals surface area (Å²) in [7, 11) is 0. The van der Waals surface area contributed by atoms with Crippen LogP contribution in [0.5, 0.6) is 5.75 Å². The zero-order valence-corrected chi connectivity index (χ0v) is 16.7. The van der Waals surface area contributed by atoms with Crippen molar-refractivity contribution in [2.75, 3.05) is 6.61 Å². The molecule has 0 spiro atoms. The molecule has 4 aromatic rings. The van der Waals surface area contributed by atoms with Crippen LogP contribution in [-0.2, 0) is 13.1 Å². The minimum atomic E-state index is -0.596. The van der Waals surface area contributed by atoms with Crippen LogP contribution >= 0.6 is 0 Å². The van der Waals surface area contributed by atoms with Gasteiger partial charge < -0.3 is 9.84 Å². The zero-order valence-electron chi connectivity index (χ0n) is 16.7. The van der Waals surface area contributed by atoms with E-state index in [1.165, 1.54) is 16.6 Å². The predicted molar refractivity (Wildman–Crippen MR) is 113 cm³/mol. The first-order valence-electron chi connectivity index (χ1n) is 9.85. The Morgan fingerprint density at radius 1 is 1.04 bits per heavy atom. The Kier molecular flexibility index (Phi) is 5.05. The van der Waals surface area contributed by atoms with Crippen molar-refractivity contribution < 1.29 is 14.4 Å². The minimum absolute atomic E-state index is 0.255. The van der Waals surface area contributed by atoms with Gasteiger partial charge in [0.25, 0.3) is 0 Å². The number of aliphatic hydroxyl groups excluding tert-OH is 1. The molecule has 0 aliphatic carbocycles. The van der Waals surface area contributed by atoms with E-state index < -0.39 is 6.10 Å². The van der Waals surface area contributed by atoms with Crippen molar-refractivity contribution in [2.24, 2.45) is 0 Å². The Labute approximate surface area is 165 Å². The quantitative estimate of drug-likeness (QED) is 0.514. The highest BCUT2D eigenvalue weighted by molar-refractivity contribution is 5.88. The molecule has 0 bridgehead atoms. The molecule has 0 radical (unpaired) electrons. The second kappa shape index (κ2) is 7.64. The third-order valence-corrected chi connectivity index (χ3v) is 5.42. The van der Waals surface area contributed by atoms with Crippen molar-refractivity contribution in [1.82, 2.24) is 4.57 Å². The van der Waals surface area contributed by atoms with Gasteiger partial charge in [0, 0.05) is 5.39 Å². The summed E-state index contributed by atoms with van der Waals surface area (Å²) in [4.78, 5) is 0. The monoisotopic (exact) mass is 375 g/mol. The molecule has 1 aromatic heterocycles. The number of aromatic nitrogens is 2. The molecule has 0 saturated heterocycles. The predicted octanol–water partition coefficient (Wildman–Crippen LogP) is 4.16. The highest BCUT2D eigenvalue weighted by Gasteiger charge is 2.19. The van der Waals surface area contributed by atoms with Crippen molar-refractivity contribution in [2.45, 2.75) is 40.0 Å². The van der Waals surface area contributed by atoms with E-state index in [1.807, 2.05) is 30.3 Å². The van der Waals surface area contributed by atoms with E-state index in [9.17, 15) is 5.11 Å². The van der Waals surface area contributed by atoms with E-state index in [0.29, 0.717) is 6.54 Å². The molecule has 4 nitrogen and oxygen atoms in total.